The second-order valence-corrected chi connectivity index (χ2v) is 5.82. The maximum absolute atomic E-state index is 6.29. The third-order valence-electron chi connectivity index (χ3n) is 3.32. The van der Waals surface area contributed by atoms with Crippen LogP contribution in [0.2, 0.25) is 0 Å². The fraction of sp³-hybridized carbons (Fsp3) is 0.111. The van der Waals surface area contributed by atoms with E-state index in [0.29, 0.717) is 6.61 Å². The molecule has 0 aliphatic rings. The fourth-order valence-corrected chi connectivity index (χ4v) is 2.93. The molecule has 1 heterocycles. The third-order valence-corrected chi connectivity index (χ3v) is 4.27. The molecule has 0 radical (unpaired) electrons. The van der Waals surface area contributed by atoms with Crippen molar-refractivity contribution in [2.45, 2.75) is 12.6 Å². The van der Waals surface area contributed by atoms with Crippen molar-refractivity contribution in [2.75, 3.05) is 0 Å². The third kappa shape index (κ3) is 3.51. The zero-order chi connectivity index (χ0) is 14.5. The van der Waals surface area contributed by atoms with Crippen molar-refractivity contribution >= 4 is 11.3 Å². The van der Waals surface area contributed by atoms with Gasteiger partial charge >= 0.3 is 0 Å². The van der Waals surface area contributed by atoms with E-state index in [9.17, 15) is 0 Å². The lowest BCUT2D eigenvalue weighted by molar-refractivity contribution is 0.306. The minimum atomic E-state index is -0.0923. The van der Waals surface area contributed by atoms with Crippen LogP contribution in [-0.2, 0) is 6.61 Å². The fourth-order valence-electron chi connectivity index (χ4n) is 2.17. The molecule has 3 rings (SSSR count). The van der Waals surface area contributed by atoms with Crippen molar-refractivity contribution in [3.8, 4) is 5.75 Å². The zero-order valence-corrected chi connectivity index (χ0v) is 12.4. The molecular weight excluding hydrogens is 278 g/mol. The maximum atomic E-state index is 6.29. The Bertz CT molecular complexity index is 679. The van der Waals surface area contributed by atoms with Gasteiger partial charge in [-0.15, -0.1) is 11.3 Å². The maximum Gasteiger partial charge on any atom is 0.120 e. The van der Waals surface area contributed by atoms with Crippen molar-refractivity contribution in [1.29, 1.82) is 0 Å². The SMILES string of the molecule is N[C@H](c1cccc(OCc2ccccc2)c1)c1cccs1. The highest BCUT2D eigenvalue weighted by Gasteiger charge is 2.10. The molecule has 0 aliphatic heterocycles. The summed E-state index contributed by atoms with van der Waals surface area (Å²) in [7, 11) is 0. The lowest BCUT2D eigenvalue weighted by atomic mass is 10.1. The van der Waals surface area contributed by atoms with Gasteiger partial charge in [0.15, 0.2) is 0 Å². The first kappa shape index (κ1) is 13.9. The van der Waals surface area contributed by atoms with Crippen LogP contribution in [0.4, 0.5) is 0 Å². The van der Waals surface area contributed by atoms with E-state index >= 15 is 0 Å². The molecule has 0 fully saturated rings. The number of ether oxygens (including phenoxy) is 1. The molecule has 0 bridgehead atoms. The van der Waals surface area contributed by atoms with Crippen molar-refractivity contribution in [3.05, 3.63) is 88.1 Å². The van der Waals surface area contributed by atoms with Gasteiger partial charge in [-0.25, -0.2) is 0 Å². The van der Waals surface area contributed by atoms with Crippen molar-refractivity contribution < 1.29 is 4.74 Å². The van der Waals surface area contributed by atoms with E-state index in [4.69, 9.17) is 10.5 Å². The normalized spacial score (nSPS) is 12.0. The largest absolute Gasteiger partial charge is 0.489 e. The summed E-state index contributed by atoms with van der Waals surface area (Å²) in [4.78, 5) is 1.16. The summed E-state index contributed by atoms with van der Waals surface area (Å²) >= 11 is 1.68. The Hall–Kier alpha value is -2.10. The summed E-state index contributed by atoms with van der Waals surface area (Å²) in [5.41, 5.74) is 8.52. The van der Waals surface area contributed by atoms with E-state index in [-0.39, 0.29) is 6.04 Å². The molecule has 0 aliphatic carbocycles. The van der Waals surface area contributed by atoms with E-state index in [1.54, 1.807) is 11.3 Å². The molecule has 21 heavy (non-hydrogen) atoms. The number of hydrogen-bond acceptors (Lipinski definition) is 3. The summed E-state index contributed by atoms with van der Waals surface area (Å²) in [5, 5.41) is 2.05. The highest BCUT2D eigenvalue weighted by molar-refractivity contribution is 7.10. The highest BCUT2D eigenvalue weighted by Crippen LogP contribution is 2.26. The Morgan fingerprint density at radius 1 is 0.952 bits per heavy atom. The van der Waals surface area contributed by atoms with Crippen LogP contribution >= 0.6 is 11.3 Å². The van der Waals surface area contributed by atoms with Crippen LogP contribution in [0.3, 0.4) is 0 Å². The number of benzene rings is 2. The molecule has 2 nitrogen and oxygen atoms in total. The van der Waals surface area contributed by atoms with Gasteiger partial charge in [-0.05, 0) is 34.7 Å². The van der Waals surface area contributed by atoms with Gasteiger partial charge in [-0.1, -0.05) is 48.5 Å². The predicted octanol–water partition coefficient (Wildman–Crippen LogP) is 4.38. The van der Waals surface area contributed by atoms with E-state index < -0.39 is 0 Å². The van der Waals surface area contributed by atoms with Gasteiger partial charge in [0, 0.05) is 4.88 Å². The first-order chi connectivity index (χ1) is 10.3. The van der Waals surface area contributed by atoms with Gasteiger partial charge in [0.05, 0.1) is 6.04 Å². The molecule has 2 aromatic carbocycles. The van der Waals surface area contributed by atoms with Crippen LogP contribution in [0, 0.1) is 0 Å². The Morgan fingerprint density at radius 2 is 1.81 bits per heavy atom. The lowest BCUT2D eigenvalue weighted by Gasteiger charge is -2.12. The Morgan fingerprint density at radius 3 is 2.57 bits per heavy atom. The first-order valence-corrected chi connectivity index (χ1v) is 7.76. The van der Waals surface area contributed by atoms with Crippen molar-refractivity contribution in [3.63, 3.8) is 0 Å². The first-order valence-electron chi connectivity index (χ1n) is 6.88. The summed E-state index contributed by atoms with van der Waals surface area (Å²) in [6.45, 7) is 0.568. The molecule has 106 valence electrons. The topological polar surface area (TPSA) is 35.2 Å². The van der Waals surface area contributed by atoms with Crippen LogP contribution in [0.15, 0.2) is 72.1 Å². The lowest BCUT2D eigenvalue weighted by Crippen LogP contribution is -2.10. The van der Waals surface area contributed by atoms with Gasteiger partial charge in [0.2, 0.25) is 0 Å². The number of rotatable bonds is 5. The minimum Gasteiger partial charge on any atom is -0.489 e. The second kappa shape index (κ2) is 6.57. The van der Waals surface area contributed by atoms with Crippen molar-refractivity contribution in [1.82, 2.24) is 0 Å². The van der Waals surface area contributed by atoms with E-state index in [1.807, 2.05) is 53.9 Å². The number of hydrogen-bond donors (Lipinski definition) is 1. The quantitative estimate of drug-likeness (QED) is 0.758. The summed E-state index contributed by atoms with van der Waals surface area (Å²) in [5.74, 6) is 0.850. The van der Waals surface area contributed by atoms with E-state index in [2.05, 4.69) is 18.2 Å². The van der Waals surface area contributed by atoms with Crippen LogP contribution in [0.25, 0.3) is 0 Å². The van der Waals surface area contributed by atoms with Crippen LogP contribution in [0.5, 0.6) is 5.75 Å². The van der Waals surface area contributed by atoms with Gasteiger partial charge in [-0.3, -0.25) is 0 Å². The minimum absolute atomic E-state index is 0.0923. The van der Waals surface area contributed by atoms with Crippen LogP contribution in [0.1, 0.15) is 22.0 Å². The number of nitrogens with two attached hydrogens (primary N) is 1. The molecule has 0 saturated heterocycles. The molecule has 1 atom stereocenters. The Balaban J connectivity index is 1.71. The molecule has 3 aromatic rings. The average Bonchev–Trinajstić information content (AvgIpc) is 3.08. The molecule has 0 saturated carbocycles. The van der Waals surface area contributed by atoms with Gasteiger partial charge in [-0.2, -0.15) is 0 Å². The summed E-state index contributed by atoms with van der Waals surface area (Å²) < 4.78 is 5.85. The molecule has 2 N–H and O–H groups in total. The Kier molecular flexibility index (Phi) is 4.34. The second-order valence-electron chi connectivity index (χ2n) is 4.84. The van der Waals surface area contributed by atoms with Crippen molar-refractivity contribution in [2.24, 2.45) is 5.73 Å². The van der Waals surface area contributed by atoms with Gasteiger partial charge in [0.1, 0.15) is 12.4 Å². The molecule has 0 amide bonds. The van der Waals surface area contributed by atoms with Gasteiger partial charge < -0.3 is 10.5 Å². The standard InChI is InChI=1S/C18H17NOS/c19-18(17-10-5-11-21-17)15-8-4-9-16(12-15)20-13-14-6-2-1-3-7-14/h1-12,18H,13,19H2/t18-/m1/s1. The Labute approximate surface area is 128 Å². The summed E-state index contributed by atoms with van der Waals surface area (Å²) in [6, 6.07) is 22.2. The van der Waals surface area contributed by atoms with Crippen LogP contribution < -0.4 is 10.5 Å². The zero-order valence-electron chi connectivity index (χ0n) is 11.6. The molecule has 3 heteroatoms. The van der Waals surface area contributed by atoms with E-state index in [1.165, 1.54) is 0 Å². The predicted molar refractivity (Wildman–Crippen MR) is 87.6 cm³/mol. The molecule has 0 spiro atoms. The number of thiophene rings is 1. The van der Waals surface area contributed by atoms with Gasteiger partial charge in [0.25, 0.3) is 0 Å². The molecule has 0 unspecified atom stereocenters. The smallest absolute Gasteiger partial charge is 0.120 e. The average molecular weight is 295 g/mol. The molecular formula is C18H17NOS. The monoisotopic (exact) mass is 295 g/mol. The van der Waals surface area contributed by atoms with Crippen LogP contribution in [-0.4, -0.2) is 0 Å². The highest BCUT2D eigenvalue weighted by atomic mass is 32.1. The summed E-state index contributed by atoms with van der Waals surface area (Å²) in [6.07, 6.45) is 0. The van der Waals surface area contributed by atoms with E-state index in [0.717, 1.165) is 21.8 Å². The molecule has 1 aromatic heterocycles.